The highest BCUT2D eigenvalue weighted by molar-refractivity contribution is 4.81. The molecule has 2 atom stereocenters. The molecule has 2 N–H and O–H groups in total. The van der Waals surface area contributed by atoms with Gasteiger partial charge in [-0.15, -0.1) is 0 Å². The molecule has 74 valence electrons. The fraction of sp³-hybridized carbons (Fsp3) is 1.00. The standard InChI is InChI=1S/C10H23NO/c1-6-7-10(4,5)11-8(2)9(3)12/h8-9,11-12H,6-7H2,1-5H3. The molecule has 0 amide bonds. The minimum absolute atomic E-state index is 0.144. The monoisotopic (exact) mass is 173 g/mol. The van der Waals surface area contributed by atoms with Gasteiger partial charge in [0.25, 0.3) is 0 Å². The summed E-state index contributed by atoms with van der Waals surface area (Å²) in [6, 6.07) is 0.173. The molecule has 0 aromatic carbocycles. The van der Waals surface area contributed by atoms with Gasteiger partial charge >= 0.3 is 0 Å². The van der Waals surface area contributed by atoms with E-state index in [0.717, 1.165) is 6.42 Å². The Morgan fingerprint density at radius 2 is 1.83 bits per heavy atom. The van der Waals surface area contributed by atoms with E-state index >= 15 is 0 Å². The Morgan fingerprint density at radius 1 is 1.33 bits per heavy atom. The van der Waals surface area contributed by atoms with Crippen LogP contribution in [0.2, 0.25) is 0 Å². The maximum absolute atomic E-state index is 9.29. The van der Waals surface area contributed by atoms with E-state index < -0.39 is 0 Å². The van der Waals surface area contributed by atoms with Gasteiger partial charge in [0.15, 0.2) is 0 Å². The SMILES string of the molecule is CCCC(C)(C)NC(C)C(C)O. The summed E-state index contributed by atoms with van der Waals surface area (Å²) in [5.74, 6) is 0. The Bertz CT molecular complexity index is 121. The Kier molecular flexibility index (Phi) is 4.80. The maximum atomic E-state index is 9.29. The van der Waals surface area contributed by atoms with Crippen LogP contribution in [0, 0.1) is 0 Å². The molecule has 0 bridgehead atoms. The van der Waals surface area contributed by atoms with E-state index in [1.807, 2.05) is 13.8 Å². The lowest BCUT2D eigenvalue weighted by molar-refractivity contribution is 0.132. The predicted octanol–water partition coefficient (Wildman–Crippen LogP) is 1.92. The van der Waals surface area contributed by atoms with Gasteiger partial charge in [0.1, 0.15) is 0 Å². The Hall–Kier alpha value is -0.0800. The zero-order valence-electron chi connectivity index (χ0n) is 9.02. The lowest BCUT2D eigenvalue weighted by Gasteiger charge is -2.31. The normalized spacial score (nSPS) is 17.5. The first-order valence-corrected chi connectivity index (χ1v) is 4.85. The zero-order chi connectivity index (χ0) is 9.78. The lowest BCUT2D eigenvalue weighted by Crippen LogP contribution is -2.48. The molecule has 2 heteroatoms. The van der Waals surface area contributed by atoms with Crippen molar-refractivity contribution in [3.8, 4) is 0 Å². The molecule has 0 aromatic heterocycles. The fourth-order valence-electron chi connectivity index (χ4n) is 1.43. The number of rotatable bonds is 5. The summed E-state index contributed by atoms with van der Waals surface area (Å²) < 4.78 is 0. The van der Waals surface area contributed by atoms with E-state index in [4.69, 9.17) is 0 Å². The molecule has 2 nitrogen and oxygen atoms in total. The largest absolute Gasteiger partial charge is 0.392 e. The topological polar surface area (TPSA) is 32.3 Å². The van der Waals surface area contributed by atoms with Crippen molar-refractivity contribution < 1.29 is 5.11 Å². The third-order valence-electron chi connectivity index (χ3n) is 2.22. The molecular weight excluding hydrogens is 150 g/mol. The second-order valence-corrected chi connectivity index (χ2v) is 4.31. The van der Waals surface area contributed by atoms with Crippen molar-refractivity contribution in [2.24, 2.45) is 0 Å². The summed E-state index contributed by atoms with van der Waals surface area (Å²) in [6.45, 7) is 10.4. The molecule has 0 heterocycles. The minimum Gasteiger partial charge on any atom is -0.392 e. The second kappa shape index (κ2) is 4.83. The van der Waals surface area contributed by atoms with Crippen LogP contribution < -0.4 is 5.32 Å². The summed E-state index contributed by atoms with van der Waals surface area (Å²) in [5, 5.41) is 12.7. The van der Waals surface area contributed by atoms with Crippen molar-refractivity contribution in [1.29, 1.82) is 0 Å². The second-order valence-electron chi connectivity index (χ2n) is 4.31. The Labute approximate surface area is 76.4 Å². The third-order valence-corrected chi connectivity index (χ3v) is 2.22. The first-order chi connectivity index (χ1) is 5.39. The van der Waals surface area contributed by atoms with Crippen LogP contribution in [0.3, 0.4) is 0 Å². The van der Waals surface area contributed by atoms with Gasteiger partial charge in [-0.1, -0.05) is 13.3 Å². The zero-order valence-corrected chi connectivity index (χ0v) is 9.02. The van der Waals surface area contributed by atoms with E-state index in [-0.39, 0.29) is 17.7 Å². The van der Waals surface area contributed by atoms with E-state index in [1.165, 1.54) is 6.42 Å². The van der Waals surface area contributed by atoms with Crippen LogP contribution in [0.4, 0.5) is 0 Å². The molecule has 12 heavy (non-hydrogen) atoms. The van der Waals surface area contributed by atoms with Crippen molar-refractivity contribution in [2.75, 3.05) is 0 Å². The van der Waals surface area contributed by atoms with E-state index in [9.17, 15) is 5.11 Å². The van der Waals surface area contributed by atoms with Crippen molar-refractivity contribution in [3.05, 3.63) is 0 Å². The minimum atomic E-state index is -0.277. The van der Waals surface area contributed by atoms with Gasteiger partial charge in [-0.2, -0.15) is 0 Å². The number of aliphatic hydroxyl groups is 1. The smallest absolute Gasteiger partial charge is 0.0662 e. The van der Waals surface area contributed by atoms with Gasteiger partial charge in [-0.25, -0.2) is 0 Å². The maximum Gasteiger partial charge on any atom is 0.0662 e. The van der Waals surface area contributed by atoms with Crippen molar-refractivity contribution in [3.63, 3.8) is 0 Å². The van der Waals surface area contributed by atoms with Gasteiger partial charge in [0, 0.05) is 11.6 Å². The molecule has 2 unspecified atom stereocenters. The highest BCUT2D eigenvalue weighted by Crippen LogP contribution is 2.12. The molecule has 0 fully saturated rings. The van der Waals surface area contributed by atoms with E-state index in [2.05, 4.69) is 26.1 Å². The number of aliphatic hydroxyl groups excluding tert-OH is 1. The molecule has 0 saturated heterocycles. The number of hydrogen-bond acceptors (Lipinski definition) is 2. The van der Waals surface area contributed by atoms with Crippen molar-refractivity contribution in [2.45, 2.75) is 65.1 Å². The summed E-state index contributed by atoms with van der Waals surface area (Å²) >= 11 is 0. The summed E-state index contributed by atoms with van der Waals surface area (Å²) in [7, 11) is 0. The number of nitrogens with one attached hydrogen (secondary N) is 1. The third kappa shape index (κ3) is 4.73. The molecule has 0 aliphatic heterocycles. The quantitative estimate of drug-likeness (QED) is 0.666. The first-order valence-electron chi connectivity index (χ1n) is 4.85. The molecule has 0 aromatic rings. The van der Waals surface area contributed by atoms with Gasteiger partial charge in [-0.05, 0) is 34.1 Å². The fourth-order valence-corrected chi connectivity index (χ4v) is 1.43. The van der Waals surface area contributed by atoms with Crippen LogP contribution in [-0.2, 0) is 0 Å². The van der Waals surface area contributed by atoms with Gasteiger partial charge in [0.05, 0.1) is 6.10 Å². The summed E-state index contributed by atoms with van der Waals surface area (Å²) in [4.78, 5) is 0. The van der Waals surface area contributed by atoms with Gasteiger partial charge in [-0.3, -0.25) is 0 Å². The van der Waals surface area contributed by atoms with E-state index in [0.29, 0.717) is 0 Å². The van der Waals surface area contributed by atoms with Crippen molar-refractivity contribution >= 4 is 0 Å². The van der Waals surface area contributed by atoms with Gasteiger partial charge in [0.2, 0.25) is 0 Å². The molecule has 0 aliphatic rings. The summed E-state index contributed by atoms with van der Waals surface area (Å²) in [6.07, 6.45) is 2.04. The Balaban J connectivity index is 3.87. The van der Waals surface area contributed by atoms with Crippen LogP contribution in [0.15, 0.2) is 0 Å². The average molecular weight is 173 g/mol. The molecule has 0 spiro atoms. The summed E-state index contributed by atoms with van der Waals surface area (Å²) in [5.41, 5.74) is 0.144. The first kappa shape index (κ1) is 11.9. The molecule has 0 radical (unpaired) electrons. The highest BCUT2D eigenvalue weighted by atomic mass is 16.3. The number of hydrogen-bond donors (Lipinski definition) is 2. The van der Waals surface area contributed by atoms with Crippen LogP contribution in [-0.4, -0.2) is 22.8 Å². The molecule has 0 rings (SSSR count). The molecular formula is C10H23NO. The highest BCUT2D eigenvalue weighted by Gasteiger charge is 2.20. The van der Waals surface area contributed by atoms with Crippen molar-refractivity contribution in [1.82, 2.24) is 5.32 Å². The van der Waals surface area contributed by atoms with E-state index in [1.54, 1.807) is 0 Å². The lowest BCUT2D eigenvalue weighted by atomic mass is 9.97. The van der Waals surface area contributed by atoms with Crippen LogP contribution in [0.5, 0.6) is 0 Å². The van der Waals surface area contributed by atoms with Crippen LogP contribution in [0.25, 0.3) is 0 Å². The van der Waals surface area contributed by atoms with Crippen LogP contribution >= 0.6 is 0 Å². The average Bonchev–Trinajstić information content (AvgIpc) is 1.85. The van der Waals surface area contributed by atoms with Gasteiger partial charge < -0.3 is 10.4 Å². The molecule has 0 saturated carbocycles. The van der Waals surface area contributed by atoms with Crippen LogP contribution in [0.1, 0.15) is 47.5 Å². The Morgan fingerprint density at radius 3 is 2.17 bits per heavy atom. The predicted molar refractivity (Wildman–Crippen MR) is 53.3 cm³/mol. The molecule has 0 aliphatic carbocycles.